The molecule has 0 aliphatic carbocycles. The summed E-state index contributed by atoms with van der Waals surface area (Å²) in [5.41, 5.74) is 1.55. The van der Waals surface area contributed by atoms with Gasteiger partial charge < -0.3 is 15.0 Å². The van der Waals surface area contributed by atoms with Gasteiger partial charge in [0.05, 0.1) is 0 Å². The average molecular weight is 297 g/mol. The van der Waals surface area contributed by atoms with Crippen LogP contribution in [0, 0.1) is 6.92 Å². The molecule has 0 radical (unpaired) electrons. The summed E-state index contributed by atoms with van der Waals surface area (Å²) in [5, 5.41) is 2.69. The van der Waals surface area contributed by atoms with Gasteiger partial charge in [-0.1, -0.05) is 0 Å². The van der Waals surface area contributed by atoms with E-state index in [0.29, 0.717) is 24.4 Å². The zero-order chi connectivity index (χ0) is 14.7. The molecule has 1 unspecified atom stereocenters. The highest BCUT2D eigenvalue weighted by Crippen LogP contribution is 2.24. The Morgan fingerprint density at radius 2 is 2.30 bits per heavy atom. The van der Waals surface area contributed by atoms with Crippen LogP contribution in [0.25, 0.3) is 0 Å². The third-order valence-electron chi connectivity index (χ3n) is 3.25. The maximum absolute atomic E-state index is 11.8. The summed E-state index contributed by atoms with van der Waals surface area (Å²) in [4.78, 5) is 24.7. The Kier molecular flexibility index (Phi) is 4.49. The maximum atomic E-state index is 11.8. The van der Waals surface area contributed by atoms with Gasteiger partial charge in [0.15, 0.2) is 6.10 Å². The number of ether oxygens (including phenoxy) is 1. The Morgan fingerprint density at radius 1 is 1.55 bits per heavy atom. The number of carbonyl (C=O) groups is 2. The Bertz CT molecular complexity index is 533. The van der Waals surface area contributed by atoms with E-state index < -0.39 is 6.10 Å². The van der Waals surface area contributed by atoms with Crippen molar-refractivity contribution in [1.29, 1.82) is 0 Å². The van der Waals surface area contributed by atoms with Gasteiger partial charge >= 0.3 is 0 Å². The molecule has 0 bridgehead atoms. The fourth-order valence-corrected chi connectivity index (χ4v) is 2.16. The monoisotopic (exact) mass is 296 g/mol. The van der Waals surface area contributed by atoms with Crippen molar-refractivity contribution in [1.82, 2.24) is 4.90 Å². The number of alkyl halides is 1. The summed E-state index contributed by atoms with van der Waals surface area (Å²) in [7, 11) is 1.77. The molecule has 1 aromatic carbocycles. The lowest BCUT2D eigenvalue weighted by molar-refractivity contribution is -0.132. The second-order valence-electron chi connectivity index (χ2n) is 4.81. The molecule has 1 fully saturated rings. The normalized spacial score (nSPS) is 18.2. The van der Waals surface area contributed by atoms with Gasteiger partial charge in [0, 0.05) is 25.7 Å². The number of benzene rings is 1. The Balaban J connectivity index is 2.06. The number of anilines is 1. The van der Waals surface area contributed by atoms with Gasteiger partial charge in [0.2, 0.25) is 5.91 Å². The molecule has 1 atom stereocenters. The Morgan fingerprint density at radius 3 is 2.85 bits per heavy atom. The highest BCUT2D eigenvalue weighted by molar-refractivity contribution is 6.29. The Hall–Kier alpha value is -1.75. The molecule has 2 rings (SSSR count). The number of aryl methyl sites for hydroxylation is 1. The van der Waals surface area contributed by atoms with Crippen molar-refractivity contribution in [3.8, 4) is 5.75 Å². The van der Waals surface area contributed by atoms with E-state index in [1.807, 2.05) is 6.92 Å². The molecule has 1 saturated heterocycles. The second-order valence-corrected chi connectivity index (χ2v) is 5.08. The van der Waals surface area contributed by atoms with Crippen molar-refractivity contribution >= 4 is 29.1 Å². The number of likely N-dealkylation sites (tertiary alicyclic amines) is 1. The summed E-state index contributed by atoms with van der Waals surface area (Å²) >= 11 is 5.45. The summed E-state index contributed by atoms with van der Waals surface area (Å²) in [5.74, 6) is 0.291. The molecule has 0 saturated carbocycles. The first-order valence-electron chi connectivity index (χ1n) is 6.39. The van der Waals surface area contributed by atoms with Gasteiger partial charge in [-0.2, -0.15) is 0 Å². The SMILES string of the molecule is Cc1cc(OC2CCN(C)C2=O)ccc1NC(=O)CCl. The smallest absolute Gasteiger partial charge is 0.263 e. The minimum atomic E-state index is -0.414. The van der Waals surface area contributed by atoms with E-state index >= 15 is 0 Å². The van der Waals surface area contributed by atoms with E-state index in [-0.39, 0.29) is 17.7 Å². The van der Waals surface area contributed by atoms with Crippen LogP contribution in [0.1, 0.15) is 12.0 Å². The van der Waals surface area contributed by atoms with Gasteiger partial charge in [-0.05, 0) is 30.7 Å². The molecular formula is C14H17ClN2O3. The maximum Gasteiger partial charge on any atom is 0.263 e. The molecule has 1 N–H and O–H groups in total. The standard InChI is InChI=1S/C14H17ClN2O3/c1-9-7-10(3-4-11(9)16-13(18)8-15)20-12-5-6-17(2)14(12)19/h3-4,7,12H,5-6,8H2,1-2H3,(H,16,18). The van der Waals surface area contributed by atoms with Gasteiger partial charge in [-0.15, -0.1) is 11.6 Å². The molecule has 5 nitrogen and oxygen atoms in total. The van der Waals surface area contributed by atoms with E-state index in [9.17, 15) is 9.59 Å². The number of halogens is 1. The number of rotatable bonds is 4. The summed E-state index contributed by atoms with van der Waals surface area (Å²) in [6.07, 6.45) is 0.279. The largest absolute Gasteiger partial charge is 0.481 e. The van der Waals surface area contributed by atoms with Crippen LogP contribution in [0.15, 0.2) is 18.2 Å². The third kappa shape index (κ3) is 3.22. The minimum absolute atomic E-state index is 0.00201. The summed E-state index contributed by atoms with van der Waals surface area (Å²) in [6, 6.07) is 5.29. The second kappa shape index (κ2) is 6.13. The zero-order valence-corrected chi connectivity index (χ0v) is 12.2. The van der Waals surface area contributed by atoms with Crippen molar-refractivity contribution in [3.05, 3.63) is 23.8 Å². The molecule has 1 aliphatic rings. The van der Waals surface area contributed by atoms with E-state index in [2.05, 4.69) is 5.32 Å². The van der Waals surface area contributed by atoms with E-state index in [1.54, 1.807) is 30.1 Å². The number of hydrogen-bond acceptors (Lipinski definition) is 3. The van der Waals surface area contributed by atoms with Crippen LogP contribution >= 0.6 is 11.6 Å². The molecule has 0 spiro atoms. The quantitative estimate of drug-likeness (QED) is 0.862. The summed E-state index contributed by atoms with van der Waals surface area (Å²) in [6.45, 7) is 2.58. The number of likely N-dealkylation sites (N-methyl/N-ethyl adjacent to an activating group) is 1. The van der Waals surface area contributed by atoms with Gasteiger partial charge in [-0.25, -0.2) is 0 Å². The van der Waals surface area contributed by atoms with Crippen molar-refractivity contribution in [3.63, 3.8) is 0 Å². The highest BCUT2D eigenvalue weighted by Gasteiger charge is 2.30. The first-order chi connectivity index (χ1) is 9.51. The van der Waals surface area contributed by atoms with Crippen LogP contribution in [-0.4, -0.2) is 42.3 Å². The number of nitrogens with zero attached hydrogens (tertiary/aromatic N) is 1. The highest BCUT2D eigenvalue weighted by atomic mass is 35.5. The van der Waals surface area contributed by atoms with Crippen molar-refractivity contribution in [2.24, 2.45) is 0 Å². The van der Waals surface area contributed by atoms with E-state index in [1.165, 1.54) is 0 Å². The van der Waals surface area contributed by atoms with Crippen molar-refractivity contribution in [2.45, 2.75) is 19.4 Å². The fraction of sp³-hybridized carbons (Fsp3) is 0.429. The van der Waals surface area contributed by atoms with E-state index in [4.69, 9.17) is 16.3 Å². The number of carbonyl (C=O) groups excluding carboxylic acids is 2. The number of hydrogen-bond donors (Lipinski definition) is 1. The van der Waals surface area contributed by atoms with Crippen LogP contribution in [0.2, 0.25) is 0 Å². The molecule has 1 aromatic rings. The minimum Gasteiger partial charge on any atom is -0.481 e. The summed E-state index contributed by atoms with van der Waals surface area (Å²) < 4.78 is 5.70. The lowest BCUT2D eigenvalue weighted by Crippen LogP contribution is -2.29. The predicted octanol–water partition coefficient (Wildman–Crippen LogP) is 1.78. The van der Waals surface area contributed by atoms with Gasteiger partial charge in [-0.3, -0.25) is 9.59 Å². The van der Waals surface area contributed by atoms with Crippen LogP contribution in [0.4, 0.5) is 5.69 Å². The van der Waals surface area contributed by atoms with E-state index in [0.717, 1.165) is 5.56 Å². The fourth-order valence-electron chi connectivity index (χ4n) is 2.10. The Labute approximate surface area is 122 Å². The molecule has 6 heteroatoms. The van der Waals surface area contributed by atoms with Crippen LogP contribution in [0.5, 0.6) is 5.75 Å². The molecule has 1 aliphatic heterocycles. The molecule has 20 heavy (non-hydrogen) atoms. The van der Waals surface area contributed by atoms with Crippen molar-refractivity contribution in [2.75, 3.05) is 24.8 Å². The molecule has 0 aromatic heterocycles. The first-order valence-corrected chi connectivity index (χ1v) is 6.93. The van der Waals surface area contributed by atoms with Gasteiger partial charge in [0.25, 0.3) is 5.91 Å². The van der Waals surface area contributed by atoms with Crippen molar-refractivity contribution < 1.29 is 14.3 Å². The topological polar surface area (TPSA) is 58.6 Å². The van der Waals surface area contributed by atoms with Crippen LogP contribution in [0.3, 0.4) is 0 Å². The lowest BCUT2D eigenvalue weighted by atomic mass is 10.2. The van der Waals surface area contributed by atoms with Crippen LogP contribution < -0.4 is 10.1 Å². The molecule has 2 amide bonds. The zero-order valence-electron chi connectivity index (χ0n) is 11.5. The number of amides is 2. The third-order valence-corrected chi connectivity index (χ3v) is 3.49. The first kappa shape index (κ1) is 14.7. The van der Waals surface area contributed by atoms with Crippen LogP contribution in [-0.2, 0) is 9.59 Å². The molecular weight excluding hydrogens is 280 g/mol. The van der Waals surface area contributed by atoms with Gasteiger partial charge in [0.1, 0.15) is 11.6 Å². The lowest BCUT2D eigenvalue weighted by Gasteiger charge is -2.14. The molecule has 108 valence electrons. The number of nitrogens with one attached hydrogen (secondary N) is 1. The predicted molar refractivity (Wildman–Crippen MR) is 77.2 cm³/mol. The molecule has 1 heterocycles. The average Bonchev–Trinajstić information content (AvgIpc) is 2.73.